The Morgan fingerprint density at radius 3 is 2.71 bits per heavy atom. The highest BCUT2D eigenvalue weighted by molar-refractivity contribution is 5.47. The molecule has 0 fully saturated rings. The molecule has 0 amide bonds. The molecule has 4 heteroatoms. The van der Waals surface area contributed by atoms with Gasteiger partial charge in [0.1, 0.15) is 5.82 Å². The summed E-state index contributed by atoms with van der Waals surface area (Å²) in [4.78, 5) is 0. The van der Waals surface area contributed by atoms with Crippen molar-refractivity contribution in [1.29, 1.82) is 0 Å². The Hall–Kier alpha value is -1.84. The van der Waals surface area contributed by atoms with Gasteiger partial charge in [-0.15, -0.1) is 0 Å². The smallest absolute Gasteiger partial charge is 0.125 e. The SMILES string of the molecule is Cc1cc(F)cc(NC(C)c2ccnn2C)c1. The number of anilines is 1. The van der Waals surface area contributed by atoms with Crippen LogP contribution in [-0.2, 0) is 7.05 Å². The Balaban J connectivity index is 2.18. The van der Waals surface area contributed by atoms with Gasteiger partial charge in [0.2, 0.25) is 0 Å². The minimum Gasteiger partial charge on any atom is -0.377 e. The minimum atomic E-state index is -0.218. The van der Waals surface area contributed by atoms with Crippen molar-refractivity contribution in [2.24, 2.45) is 7.05 Å². The molecular weight excluding hydrogens is 217 g/mol. The van der Waals surface area contributed by atoms with E-state index in [1.807, 2.05) is 37.7 Å². The zero-order chi connectivity index (χ0) is 12.4. The summed E-state index contributed by atoms with van der Waals surface area (Å²) in [5.41, 5.74) is 2.76. The maximum atomic E-state index is 13.2. The normalized spacial score (nSPS) is 12.5. The van der Waals surface area contributed by atoms with E-state index in [1.54, 1.807) is 6.20 Å². The van der Waals surface area contributed by atoms with Crippen LogP contribution >= 0.6 is 0 Å². The van der Waals surface area contributed by atoms with Crippen LogP contribution < -0.4 is 5.32 Å². The number of rotatable bonds is 3. The summed E-state index contributed by atoms with van der Waals surface area (Å²) in [6.07, 6.45) is 1.75. The summed E-state index contributed by atoms with van der Waals surface area (Å²) < 4.78 is 15.1. The molecule has 0 saturated heterocycles. The topological polar surface area (TPSA) is 29.9 Å². The first-order valence-corrected chi connectivity index (χ1v) is 5.58. The summed E-state index contributed by atoms with van der Waals surface area (Å²) in [6, 6.07) is 6.98. The number of aryl methyl sites for hydroxylation is 2. The average Bonchev–Trinajstić information content (AvgIpc) is 2.62. The number of benzene rings is 1. The highest BCUT2D eigenvalue weighted by Gasteiger charge is 2.09. The number of nitrogens with zero attached hydrogens (tertiary/aromatic N) is 2. The molecule has 0 saturated carbocycles. The Kier molecular flexibility index (Phi) is 3.13. The number of hydrogen-bond donors (Lipinski definition) is 1. The number of aromatic nitrogens is 2. The van der Waals surface area contributed by atoms with Crippen LogP contribution in [-0.4, -0.2) is 9.78 Å². The van der Waals surface area contributed by atoms with Gasteiger partial charge >= 0.3 is 0 Å². The van der Waals surface area contributed by atoms with Gasteiger partial charge in [0, 0.05) is 18.9 Å². The third-order valence-electron chi connectivity index (χ3n) is 2.73. The highest BCUT2D eigenvalue weighted by atomic mass is 19.1. The molecular formula is C13H16FN3. The third kappa shape index (κ3) is 2.64. The lowest BCUT2D eigenvalue weighted by Crippen LogP contribution is -2.11. The van der Waals surface area contributed by atoms with E-state index in [0.717, 1.165) is 16.9 Å². The van der Waals surface area contributed by atoms with Gasteiger partial charge in [0.25, 0.3) is 0 Å². The molecule has 0 radical (unpaired) electrons. The molecule has 0 bridgehead atoms. The van der Waals surface area contributed by atoms with Crippen molar-refractivity contribution in [2.45, 2.75) is 19.9 Å². The average molecular weight is 233 g/mol. The predicted molar refractivity (Wildman–Crippen MR) is 66.4 cm³/mol. The van der Waals surface area contributed by atoms with Gasteiger partial charge in [0.15, 0.2) is 0 Å². The largest absolute Gasteiger partial charge is 0.377 e. The zero-order valence-electron chi connectivity index (χ0n) is 10.2. The van der Waals surface area contributed by atoms with Crippen molar-refractivity contribution in [3.8, 4) is 0 Å². The molecule has 0 spiro atoms. The number of nitrogens with one attached hydrogen (secondary N) is 1. The second-order valence-electron chi connectivity index (χ2n) is 4.26. The fourth-order valence-corrected chi connectivity index (χ4v) is 1.95. The van der Waals surface area contributed by atoms with Gasteiger partial charge in [-0.25, -0.2) is 4.39 Å². The van der Waals surface area contributed by atoms with Crippen LogP contribution in [0.5, 0.6) is 0 Å². The van der Waals surface area contributed by atoms with Gasteiger partial charge in [0.05, 0.1) is 11.7 Å². The first-order chi connectivity index (χ1) is 8.06. The quantitative estimate of drug-likeness (QED) is 0.883. The molecule has 1 aromatic carbocycles. The van der Waals surface area contributed by atoms with Crippen LogP contribution in [0.1, 0.15) is 24.2 Å². The lowest BCUT2D eigenvalue weighted by molar-refractivity contribution is 0.626. The molecule has 1 heterocycles. The molecule has 1 aromatic heterocycles. The first kappa shape index (κ1) is 11.6. The lowest BCUT2D eigenvalue weighted by atomic mass is 10.2. The van der Waals surface area contributed by atoms with Crippen LogP contribution in [0.25, 0.3) is 0 Å². The van der Waals surface area contributed by atoms with Crippen molar-refractivity contribution in [3.05, 3.63) is 47.5 Å². The van der Waals surface area contributed by atoms with Crippen molar-refractivity contribution in [3.63, 3.8) is 0 Å². The van der Waals surface area contributed by atoms with Gasteiger partial charge < -0.3 is 5.32 Å². The second-order valence-corrected chi connectivity index (χ2v) is 4.26. The summed E-state index contributed by atoms with van der Waals surface area (Å²) in [6.45, 7) is 3.90. The monoisotopic (exact) mass is 233 g/mol. The van der Waals surface area contributed by atoms with E-state index in [2.05, 4.69) is 10.4 Å². The van der Waals surface area contributed by atoms with Crippen LogP contribution in [0, 0.1) is 12.7 Å². The van der Waals surface area contributed by atoms with E-state index in [-0.39, 0.29) is 11.9 Å². The molecule has 0 aliphatic rings. The van der Waals surface area contributed by atoms with E-state index in [4.69, 9.17) is 0 Å². The van der Waals surface area contributed by atoms with Gasteiger partial charge in [-0.2, -0.15) is 5.10 Å². The fraction of sp³-hybridized carbons (Fsp3) is 0.308. The van der Waals surface area contributed by atoms with Crippen LogP contribution in [0.15, 0.2) is 30.5 Å². The lowest BCUT2D eigenvalue weighted by Gasteiger charge is -2.16. The Bertz CT molecular complexity index is 499. The summed E-state index contributed by atoms with van der Waals surface area (Å²) >= 11 is 0. The Morgan fingerprint density at radius 1 is 1.35 bits per heavy atom. The van der Waals surface area contributed by atoms with Crippen molar-refractivity contribution in [1.82, 2.24) is 9.78 Å². The highest BCUT2D eigenvalue weighted by Crippen LogP contribution is 2.20. The standard InChI is InChI=1S/C13H16FN3/c1-9-6-11(14)8-12(7-9)16-10(2)13-4-5-15-17(13)3/h4-8,10,16H,1-3H3. The minimum absolute atomic E-state index is 0.0868. The maximum Gasteiger partial charge on any atom is 0.125 e. The predicted octanol–water partition coefficient (Wildman–Crippen LogP) is 3.04. The van der Waals surface area contributed by atoms with Crippen molar-refractivity contribution in [2.75, 3.05) is 5.32 Å². The van der Waals surface area contributed by atoms with Gasteiger partial charge in [-0.3, -0.25) is 4.68 Å². The maximum absolute atomic E-state index is 13.2. The van der Waals surface area contributed by atoms with Crippen molar-refractivity contribution < 1.29 is 4.39 Å². The van der Waals surface area contributed by atoms with E-state index >= 15 is 0 Å². The number of hydrogen-bond acceptors (Lipinski definition) is 2. The number of halogens is 1. The second kappa shape index (κ2) is 4.57. The zero-order valence-corrected chi connectivity index (χ0v) is 10.2. The summed E-state index contributed by atoms with van der Waals surface area (Å²) in [5, 5.41) is 7.38. The molecule has 2 aromatic rings. The van der Waals surface area contributed by atoms with E-state index in [0.29, 0.717) is 0 Å². The van der Waals surface area contributed by atoms with Gasteiger partial charge in [-0.05, 0) is 43.7 Å². The molecule has 17 heavy (non-hydrogen) atoms. The summed E-state index contributed by atoms with van der Waals surface area (Å²) in [7, 11) is 1.89. The van der Waals surface area contributed by atoms with E-state index in [9.17, 15) is 4.39 Å². The van der Waals surface area contributed by atoms with Crippen LogP contribution in [0.2, 0.25) is 0 Å². The van der Waals surface area contributed by atoms with Crippen LogP contribution in [0.4, 0.5) is 10.1 Å². The summed E-state index contributed by atoms with van der Waals surface area (Å²) in [5.74, 6) is -0.218. The third-order valence-corrected chi connectivity index (χ3v) is 2.73. The fourth-order valence-electron chi connectivity index (χ4n) is 1.95. The van der Waals surface area contributed by atoms with E-state index in [1.165, 1.54) is 12.1 Å². The van der Waals surface area contributed by atoms with E-state index < -0.39 is 0 Å². The molecule has 2 rings (SSSR count). The van der Waals surface area contributed by atoms with Gasteiger partial charge in [-0.1, -0.05) is 0 Å². The Labute approximate surface area is 100 Å². The Morgan fingerprint density at radius 2 is 2.12 bits per heavy atom. The molecule has 0 aliphatic heterocycles. The molecule has 0 aliphatic carbocycles. The molecule has 1 N–H and O–H groups in total. The van der Waals surface area contributed by atoms with Crippen molar-refractivity contribution >= 4 is 5.69 Å². The molecule has 3 nitrogen and oxygen atoms in total. The molecule has 1 atom stereocenters. The van der Waals surface area contributed by atoms with Crippen LogP contribution in [0.3, 0.4) is 0 Å². The molecule has 90 valence electrons. The molecule has 1 unspecified atom stereocenters. The first-order valence-electron chi connectivity index (χ1n) is 5.58.